The molecular formula is C21H15FN4O2S. The number of carbonyl (C=O) groups is 1. The van der Waals surface area contributed by atoms with Crippen LogP contribution in [0.25, 0.3) is 22.6 Å². The molecule has 0 fully saturated rings. The summed E-state index contributed by atoms with van der Waals surface area (Å²) in [7, 11) is 1.60. The van der Waals surface area contributed by atoms with Crippen LogP contribution >= 0.6 is 11.3 Å². The Bertz CT molecular complexity index is 1140. The number of carbonyl (C=O) groups excluding carboxylic acids is 1. The van der Waals surface area contributed by atoms with E-state index < -0.39 is 5.82 Å². The van der Waals surface area contributed by atoms with E-state index in [4.69, 9.17) is 4.74 Å². The van der Waals surface area contributed by atoms with Gasteiger partial charge in [0.1, 0.15) is 17.3 Å². The van der Waals surface area contributed by atoms with Gasteiger partial charge in [0, 0.05) is 17.1 Å². The Morgan fingerprint density at radius 1 is 1.07 bits per heavy atom. The average Bonchev–Trinajstić information content (AvgIpc) is 3.22. The summed E-state index contributed by atoms with van der Waals surface area (Å²) >= 11 is 1.26. The first kappa shape index (κ1) is 18.7. The molecule has 0 aliphatic heterocycles. The van der Waals surface area contributed by atoms with Crippen LogP contribution in [0, 0.1) is 5.82 Å². The van der Waals surface area contributed by atoms with E-state index in [0.29, 0.717) is 27.8 Å². The van der Waals surface area contributed by atoms with Crippen molar-refractivity contribution < 1.29 is 13.9 Å². The molecule has 1 amide bonds. The van der Waals surface area contributed by atoms with Crippen LogP contribution in [-0.4, -0.2) is 28.0 Å². The maximum Gasteiger partial charge on any atom is 0.259 e. The molecule has 144 valence electrons. The van der Waals surface area contributed by atoms with Crippen molar-refractivity contribution in [2.24, 2.45) is 0 Å². The number of aromatic nitrogens is 3. The second-order valence-corrected chi connectivity index (χ2v) is 6.84. The number of rotatable bonds is 5. The van der Waals surface area contributed by atoms with Crippen LogP contribution in [0.5, 0.6) is 5.75 Å². The fraction of sp³-hybridized carbons (Fsp3) is 0.0476. The first-order chi connectivity index (χ1) is 14.1. The molecule has 8 heteroatoms. The fourth-order valence-electron chi connectivity index (χ4n) is 2.71. The molecule has 0 aliphatic carbocycles. The highest BCUT2D eigenvalue weighted by Crippen LogP contribution is 2.27. The van der Waals surface area contributed by atoms with E-state index in [1.165, 1.54) is 17.4 Å². The summed E-state index contributed by atoms with van der Waals surface area (Å²) in [5.74, 6) is -0.0163. The predicted octanol–water partition coefficient (Wildman–Crippen LogP) is 4.67. The number of nitrogens with zero attached hydrogens (tertiary/aromatic N) is 3. The number of ether oxygens (including phenoxy) is 1. The topological polar surface area (TPSA) is 77.0 Å². The van der Waals surface area contributed by atoms with Gasteiger partial charge in [-0.25, -0.2) is 9.37 Å². The van der Waals surface area contributed by atoms with Gasteiger partial charge in [-0.2, -0.15) is 0 Å². The SMILES string of the molecule is COc1ccc(-c2ncccc2C(=O)Nc2nc(-c3ccc(F)cn3)cs2)cc1. The number of hydrogen-bond acceptors (Lipinski definition) is 6. The lowest BCUT2D eigenvalue weighted by atomic mass is 10.1. The second-order valence-electron chi connectivity index (χ2n) is 5.98. The molecule has 6 nitrogen and oxygen atoms in total. The third-order valence-corrected chi connectivity index (χ3v) is 4.89. The number of hydrogen-bond donors (Lipinski definition) is 1. The molecule has 0 radical (unpaired) electrons. The first-order valence-electron chi connectivity index (χ1n) is 8.62. The summed E-state index contributed by atoms with van der Waals surface area (Å²) in [6, 6.07) is 13.6. The van der Waals surface area contributed by atoms with E-state index in [9.17, 15) is 9.18 Å². The molecular weight excluding hydrogens is 391 g/mol. The van der Waals surface area contributed by atoms with Crippen LogP contribution in [0.3, 0.4) is 0 Å². The van der Waals surface area contributed by atoms with Crippen molar-refractivity contribution in [3.05, 3.63) is 77.7 Å². The van der Waals surface area contributed by atoms with Crippen LogP contribution < -0.4 is 10.1 Å². The normalized spacial score (nSPS) is 10.6. The van der Waals surface area contributed by atoms with Gasteiger partial charge in [0.25, 0.3) is 5.91 Å². The predicted molar refractivity (Wildman–Crippen MR) is 109 cm³/mol. The molecule has 1 aromatic carbocycles. The van der Waals surface area contributed by atoms with E-state index >= 15 is 0 Å². The molecule has 3 aromatic heterocycles. The molecule has 0 aliphatic rings. The average molecular weight is 406 g/mol. The lowest BCUT2D eigenvalue weighted by Gasteiger charge is -2.09. The number of nitrogens with one attached hydrogen (secondary N) is 1. The number of benzene rings is 1. The van der Waals surface area contributed by atoms with Gasteiger partial charge in [-0.05, 0) is 48.5 Å². The minimum atomic E-state index is -0.417. The van der Waals surface area contributed by atoms with Gasteiger partial charge >= 0.3 is 0 Å². The summed E-state index contributed by atoms with van der Waals surface area (Å²) in [5, 5.41) is 4.97. The summed E-state index contributed by atoms with van der Waals surface area (Å²) in [6.45, 7) is 0. The smallest absolute Gasteiger partial charge is 0.259 e. The van der Waals surface area contributed by atoms with Crippen molar-refractivity contribution >= 4 is 22.4 Å². The number of halogens is 1. The van der Waals surface area contributed by atoms with Gasteiger partial charge in [0.15, 0.2) is 5.13 Å². The second kappa shape index (κ2) is 8.15. The maximum atomic E-state index is 13.0. The Labute approximate surface area is 170 Å². The molecule has 1 N–H and O–H groups in total. The fourth-order valence-corrected chi connectivity index (χ4v) is 3.41. The molecule has 0 unspecified atom stereocenters. The zero-order valence-electron chi connectivity index (χ0n) is 15.3. The molecule has 4 aromatic rings. The van der Waals surface area contributed by atoms with Gasteiger partial charge in [0.05, 0.1) is 30.3 Å². The van der Waals surface area contributed by atoms with Crippen molar-refractivity contribution in [2.75, 3.05) is 12.4 Å². The van der Waals surface area contributed by atoms with Gasteiger partial charge < -0.3 is 4.74 Å². The molecule has 0 saturated heterocycles. The minimum absolute atomic E-state index is 0.322. The zero-order chi connectivity index (χ0) is 20.2. The van der Waals surface area contributed by atoms with E-state index in [-0.39, 0.29) is 5.91 Å². The lowest BCUT2D eigenvalue weighted by molar-refractivity contribution is 0.102. The molecule has 4 rings (SSSR count). The number of thiazole rings is 1. The molecule has 0 saturated carbocycles. The van der Waals surface area contributed by atoms with Crippen LogP contribution in [0.15, 0.2) is 66.3 Å². The van der Waals surface area contributed by atoms with E-state index in [2.05, 4.69) is 20.3 Å². The van der Waals surface area contributed by atoms with Crippen LogP contribution in [-0.2, 0) is 0 Å². The molecule has 0 spiro atoms. The standard InChI is InChI=1S/C21H15FN4O2S/c1-28-15-7-4-13(5-8-15)19-16(3-2-10-23-19)20(27)26-21-25-18(12-29-21)17-9-6-14(22)11-24-17/h2-12H,1H3,(H,25,26,27). The zero-order valence-corrected chi connectivity index (χ0v) is 16.1. The Morgan fingerprint density at radius 2 is 1.90 bits per heavy atom. The summed E-state index contributed by atoms with van der Waals surface area (Å²) in [6.07, 6.45) is 2.77. The quantitative estimate of drug-likeness (QED) is 0.521. The first-order valence-corrected chi connectivity index (χ1v) is 9.50. The maximum absolute atomic E-state index is 13.0. The Kier molecular flexibility index (Phi) is 5.26. The number of methoxy groups -OCH3 is 1. The van der Waals surface area contributed by atoms with Gasteiger partial charge in [-0.3, -0.25) is 20.1 Å². The minimum Gasteiger partial charge on any atom is -0.497 e. The van der Waals surface area contributed by atoms with E-state index in [0.717, 1.165) is 17.5 Å². The summed E-state index contributed by atoms with van der Waals surface area (Å²) in [4.78, 5) is 25.6. The highest BCUT2D eigenvalue weighted by Gasteiger charge is 2.16. The highest BCUT2D eigenvalue weighted by molar-refractivity contribution is 7.14. The molecule has 3 heterocycles. The number of anilines is 1. The third-order valence-electron chi connectivity index (χ3n) is 4.13. The molecule has 0 bridgehead atoms. The number of amides is 1. The van der Waals surface area contributed by atoms with E-state index in [1.54, 1.807) is 36.9 Å². The Hall–Kier alpha value is -3.65. The highest BCUT2D eigenvalue weighted by atomic mass is 32.1. The van der Waals surface area contributed by atoms with Crippen molar-refractivity contribution in [2.45, 2.75) is 0 Å². The van der Waals surface area contributed by atoms with Gasteiger partial charge in [-0.15, -0.1) is 11.3 Å². The van der Waals surface area contributed by atoms with Crippen LogP contribution in [0.2, 0.25) is 0 Å². The largest absolute Gasteiger partial charge is 0.497 e. The summed E-state index contributed by atoms with van der Waals surface area (Å²) in [5.41, 5.74) is 2.88. The van der Waals surface area contributed by atoms with Crippen LogP contribution in [0.1, 0.15) is 10.4 Å². The Morgan fingerprint density at radius 3 is 2.62 bits per heavy atom. The number of pyridine rings is 2. The third kappa shape index (κ3) is 4.12. The van der Waals surface area contributed by atoms with Crippen molar-refractivity contribution in [1.29, 1.82) is 0 Å². The monoisotopic (exact) mass is 406 g/mol. The van der Waals surface area contributed by atoms with Crippen molar-refractivity contribution in [1.82, 2.24) is 15.0 Å². The van der Waals surface area contributed by atoms with E-state index in [1.807, 2.05) is 24.3 Å². The summed E-state index contributed by atoms with van der Waals surface area (Å²) < 4.78 is 18.2. The lowest BCUT2D eigenvalue weighted by Crippen LogP contribution is -2.13. The van der Waals surface area contributed by atoms with Crippen molar-refractivity contribution in [3.63, 3.8) is 0 Å². The Balaban J connectivity index is 1.57. The van der Waals surface area contributed by atoms with Gasteiger partial charge in [-0.1, -0.05) is 0 Å². The van der Waals surface area contributed by atoms with Crippen molar-refractivity contribution in [3.8, 4) is 28.4 Å². The van der Waals surface area contributed by atoms with Gasteiger partial charge in [0.2, 0.25) is 0 Å². The molecule has 29 heavy (non-hydrogen) atoms. The molecule has 0 atom stereocenters. The van der Waals surface area contributed by atoms with Crippen LogP contribution in [0.4, 0.5) is 9.52 Å².